The van der Waals surface area contributed by atoms with Gasteiger partial charge in [-0.15, -0.1) is 0 Å². The summed E-state index contributed by atoms with van der Waals surface area (Å²) in [5, 5.41) is 1.92. The third-order valence-corrected chi connectivity index (χ3v) is 3.07. The van der Waals surface area contributed by atoms with Gasteiger partial charge in [-0.2, -0.15) is 13.2 Å². The number of carbonyl (C=O) groups is 1. The molecule has 0 spiro atoms. The first kappa shape index (κ1) is 12.9. The predicted molar refractivity (Wildman–Crippen MR) is 59.1 cm³/mol. The molecule has 0 radical (unpaired) electrons. The van der Waals surface area contributed by atoms with Gasteiger partial charge < -0.3 is 11.1 Å². The van der Waals surface area contributed by atoms with E-state index >= 15 is 0 Å². The second kappa shape index (κ2) is 4.01. The minimum Gasteiger partial charge on any atom is -0.384 e. The predicted octanol–water partition coefficient (Wildman–Crippen LogP) is 2.14. The van der Waals surface area contributed by atoms with Crippen LogP contribution >= 0.6 is 11.6 Å². The second-order valence-corrected chi connectivity index (χ2v) is 4.53. The van der Waals surface area contributed by atoms with Gasteiger partial charge in [0.1, 0.15) is 11.4 Å². The molecule has 1 fully saturated rings. The normalized spacial score (nSPS) is 17.3. The number of aromatic nitrogens is 1. The number of anilines is 1. The van der Waals surface area contributed by atoms with Crippen LogP contribution in [-0.2, 0) is 0 Å². The number of rotatable bonds is 2. The fraction of sp³-hybridized carbons (Fsp3) is 0.400. The zero-order valence-corrected chi connectivity index (χ0v) is 9.77. The first-order chi connectivity index (χ1) is 8.25. The highest BCUT2D eigenvalue weighted by Crippen LogP contribution is 2.49. The van der Waals surface area contributed by atoms with Gasteiger partial charge in [-0.05, 0) is 18.9 Å². The van der Waals surface area contributed by atoms with Crippen LogP contribution in [0.4, 0.5) is 19.0 Å². The third kappa shape index (κ3) is 2.22. The Morgan fingerprint density at radius 1 is 1.50 bits per heavy atom. The molecule has 1 saturated carbocycles. The number of nitrogens with one attached hydrogen (secondary N) is 1. The van der Waals surface area contributed by atoms with Gasteiger partial charge >= 0.3 is 6.18 Å². The molecule has 0 aliphatic heterocycles. The fourth-order valence-corrected chi connectivity index (χ4v) is 1.71. The lowest BCUT2D eigenvalue weighted by molar-refractivity contribution is -0.163. The third-order valence-electron chi connectivity index (χ3n) is 2.77. The largest absolute Gasteiger partial charge is 0.411 e. The molecular weight excluding hydrogens is 271 g/mol. The number of hydrogen-bond donors (Lipinski definition) is 2. The molecule has 1 aromatic rings. The van der Waals surface area contributed by atoms with E-state index in [0.29, 0.717) is 0 Å². The van der Waals surface area contributed by atoms with Crippen LogP contribution in [0.1, 0.15) is 23.2 Å². The number of halogens is 4. The highest BCUT2D eigenvalue weighted by molar-refractivity contribution is 6.33. The van der Waals surface area contributed by atoms with Crippen LogP contribution < -0.4 is 11.1 Å². The fourth-order valence-electron chi connectivity index (χ4n) is 1.52. The van der Waals surface area contributed by atoms with Crippen LogP contribution in [0.25, 0.3) is 0 Å². The van der Waals surface area contributed by atoms with Crippen molar-refractivity contribution in [3.8, 4) is 0 Å². The van der Waals surface area contributed by atoms with Gasteiger partial charge in [0.2, 0.25) is 0 Å². The Bertz CT molecular complexity index is 500. The maximum Gasteiger partial charge on any atom is 0.411 e. The van der Waals surface area contributed by atoms with E-state index in [2.05, 4.69) is 4.98 Å². The summed E-state index contributed by atoms with van der Waals surface area (Å²) in [5.74, 6) is -0.884. The highest BCUT2D eigenvalue weighted by Gasteiger charge is 2.64. The monoisotopic (exact) mass is 279 g/mol. The van der Waals surface area contributed by atoms with Gasteiger partial charge in [-0.1, -0.05) is 11.6 Å². The average Bonchev–Trinajstić information content (AvgIpc) is 3.01. The molecule has 1 aliphatic carbocycles. The summed E-state index contributed by atoms with van der Waals surface area (Å²) in [6, 6.07) is 1.14. The minimum atomic E-state index is -4.46. The molecule has 0 bridgehead atoms. The van der Waals surface area contributed by atoms with E-state index in [9.17, 15) is 18.0 Å². The van der Waals surface area contributed by atoms with E-state index < -0.39 is 17.6 Å². The molecule has 0 unspecified atom stereocenters. The first-order valence-corrected chi connectivity index (χ1v) is 5.43. The summed E-state index contributed by atoms with van der Waals surface area (Å²) < 4.78 is 38.0. The molecular formula is C10H9ClF3N3O. The topological polar surface area (TPSA) is 68.0 Å². The molecule has 1 aromatic heterocycles. The maximum absolute atomic E-state index is 12.7. The van der Waals surface area contributed by atoms with Crippen LogP contribution in [0.2, 0.25) is 5.02 Å². The van der Waals surface area contributed by atoms with E-state index in [0.717, 1.165) is 12.3 Å². The summed E-state index contributed by atoms with van der Waals surface area (Å²) in [6.07, 6.45) is -3.59. The van der Waals surface area contributed by atoms with Crippen molar-refractivity contribution in [3.63, 3.8) is 0 Å². The lowest BCUT2D eigenvalue weighted by atomic mass is 10.2. The quantitative estimate of drug-likeness (QED) is 0.871. The van der Waals surface area contributed by atoms with Crippen LogP contribution in [0, 0.1) is 0 Å². The van der Waals surface area contributed by atoms with Gasteiger partial charge in [0.05, 0.1) is 10.6 Å². The molecule has 98 valence electrons. The van der Waals surface area contributed by atoms with Crippen molar-refractivity contribution in [2.45, 2.75) is 24.6 Å². The van der Waals surface area contributed by atoms with Crippen molar-refractivity contribution < 1.29 is 18.0 Å². The smallest absolute Gasteiger partial charge is 0.384 e. The van der Waals surface area contributed by atoms with Gasteiger partial charge in [0.15, 0.2) is 0 Å². The first-order valence-electron chi connectivity index (χ1n) is 5.05. The Kier molecular flexibility index (Phi) is 2.89. The van der Waals surface area contributed by atoms with Crippen LogP contribution in [0.5, 0.6) is 0 Å². The molecule has 18 heavy (non-hydrogen) atoms. The number of nitrogens with zero attached hydrogens (tertiary/aromatic N) is 1. The summed E-state index contributed by atoms with van der Waals surface area (Å²) >= 11 is 5.69. The lowest BCUT2D eigenvalue weighted by Crippen LogP contribution is -2.47. The van der Waals surface area contributed by atoms with Crippen molar-refractivity contribution in [1.29, 1.82) is 0 Å². The van der Waals surface area contributed by atoms with E-state index in [1.165, 1.54) is 0 Å². The standard InChI is InChI=1S/C10H9ClF3N3O/c11-6-4-16-7(15)3-5(6)8(18)17-9(1-2-9)10(12,13)14/h3-4H,1-2H2,(H2,15,16)(H,17,18). The number of carbonyl (C=O) groups excluding carboxylic acids is 1. The van der Waals surface area contributed by atoms with Crippen molar-refractivity contribution in [2.75, 3.05) is 5.73 Å². The SMILES string of the molecule is Nc1cc(C(=O)NC2(C(F)(F)F)CC2)c(Cl)cn1. The minimum absolute atomic E-state index is 0.0152. The van der Waals surface area contributed by atoms with Gasteiger partial charge in [-0.25, -0.2) is 4.98 Å². The van der Waals surface area contributed by atoms with Gasteiger partial charge in [0.25, 0.3) is 5.91 Å². The maximum atomic E-state index is 12.7. The Hall–Kier alpha value is -1.50. The van der Waals surface area contributed by atoms with E-state index in [-0.39, 0.29) is 29.2 Å². The number of pyridine rings is 1. The van der Waals surface area contributed by atoms with Crippen molar-refractivity contribution >= 4 is 23.3 Å². The molecule has 4 nitrogen and oxygen atoms in total. The van der Waals surface area contributed by atoms with E-state index in [4.69, 9.17) is 17.3 Å². The zero-order chi connectivity index (χ0) is 13.6. The molecule has 1 amide bonds. The molecule has 3 N–H and O–H groups in total. The molecule has 1 aliphatic rings. The molecule has 2 rings (SSSR count). The van der Waals surface area contributed by atoms with Crippen molar-refractivity contribution in [2.24, 2.45) is 0 Å². The number of nitrogens with two attached hydrogens (primary N) is 1. The van der Waals surface area contributed by atoms with E-state index in [1.54, 1.807) is 0 Å². The Morgan fingerprint density at radius 3 is 2.61 bits per heavy atom. The van der Waals surface area contributed by atoms with E-state index in [1.807, 2.05) is 5.32 Å². The average molecular weight is 280 g/mol. The zero-order valence-electron chi connectivity index (χ0n) is 9.01. The Morgan fingerprint density at radius 2 is 2.11 bits per heavy atom. The number of nitrogen functional groups attached to an aromatic ring is 1. The van der Waals surface area contributed by atoms with Crippen LogP contribution in [0.15, 0.2) is 12.3 Å². The Labute approximate surface area is 105 Å². The summed E-state index contributed by atoms with van der Waals surface area (Å²) in [4.78, 5) is 15.4. The number of alkyl halides is 3. The Balaban J connectivity index is 2.21. The van der Waals surface area contributed by atoms with Gasteiger partial charge in [-0.3, -0.25) is 4.79 Å². The lowest BCUT2D eigenvalue weighted by Gasteiger charge is -2.20. The van der Waals surface area contributed by atoms with Crippen molar-refractivity contribution in [1.82, 2.24) is 10.3 Å². The van der Waals surface area contributed by atoms with Crippen LogP contribution in [0.3, 0.4) is 0 Å². The summed E-state index contributed by atoms with van der Waals surface area (Å²) in [6.45, 7) is 0. The number of hydrogen-bond acceptors (Lipinski definition) is 3. The second-order valence-electron chi connectivity index (χ2n) is 4.12. The number of amides is 1. The molecule has 1 heterocycles. The summed E-state index contributed by atoms with van der Waals surface area (Å²) in [7, 11) is 0. The highest BCUT2D eigenvalue weighted by atomic mass is 35.5. The molecule has 0 atom stereocenters. The van der Waals surface area contributed by atoms with Crippen molar-refractivity contribution in [3.05, 3.63) is 22.8 Å². The molecule has 8 heteroatoms. The van der Waals surface area contributed by atoms with Crippen LogP contribution in [-0.4, -0.2) is 22.6 Å². The summed E-state index contributed by atoms with van der Waals surface area (Å²) in [5.41, 5.74) is 3.13. The van der Waals surface area contributed by atoms with Gasteiger partial charge in [0, 0.05) is 6.20 Å². The molecule has 0 saturated heterocycles. The molecule has 0 aromatic carbocycles.